The van der Waals surface area contributed by atoms with Crippen LogP contribution in [0.1, 0.15) is 17.5 Å². The fourth-order valence-corrected chi connectivity index (χ4v) is 1.52. The Morgan fingerprint density at radius 2 is 2.05 bits per heavy atom. The Bertz CT molecular complexity index is 469. The molecule has 19 heavy (non-hydrogen) atoms. The Kier molecular flexibility index (Phi) is 4.91. The molecule has 0 fully saturated rings. The third-order valence-corrected chi connectivity index (χ3v) is 2.24. The van der Waals surface area contributed by atoms with Crippen molar-refractivity contribution in [1.29, 1.82) is 0 Å². The number of alkyl halides is 3. The van der Waals surface area contributed by atoms with Crippen molar-refractivity contribution in [1.82, 2.24) is 0 Å². The SMILES string of the molecule is O=CCCc1ccc(CC(=O)O)cc1OC(F)(F)F. The molecule has 0 saturated carbocycles. The van der Waals surface area contributed by atoms with Crippen molar-refractivity contribution in [3.63, 3.8) is 0 Å². The van der Waals surface area contributed by atoms with E-state index in [9.17, 15) is 22.8 Å². The molecule has 7 heteroatoms. The second-order valence-electron chi connectivity index (χ2n) is 3.77. The molecular formula is C12H11F3O4. The molecule has 104 valence electrons. The lowest BCUT2D eigenvalue weighted by molar-refractivity contribution is -0.274. The molecule has 0 aliphatic carbocycles. The fourth-order valence-electron chi connectivity index (χ4n) is 1.52. The molecule has 0 bridgehead atoms. The van der Waals surface area contributed by atoms with Gasteiger partial charge in [-0.2, -0.15) is 0 Å². The van der Waals surface area contributed by atoms with Crippen molar-refractivity contribution in [2.75, 3.05) is 0 Å². The van der Waals surface area contributed by atoms with Crippen LogP contribution in [0.15, 0.2) is 18.2 Å². The van der Waals surface area contributed by atoms with E-state index in [0.29, 0.717) is 6.29 Å². The van der Waals surface area contributed by atoms with E-state index in [1.807, 2.05) is 0 Å². The molecule has 0 heterocycles. The van der Waals surface area contributed by atoms with Crippen molar-refractivity contribution < 1.29 is 32.6 Å². The van der Waals surface area contributed by atoms with Gasteiger partial charge in [-0.1, -0.05) is 12.1 Å². The number of carbonyl (C=O) groups excluding carboxylic acids is 1. The number of aldehydes is 1. The second-order valence-corrected chi connectivity index (χ2v) is 3.77. The Hall–Kier alpha value is -2.05. The first-order valence-electron chi connectivity index (χ1n) is 5.35. The maximum absolute atomic E-state index is 12.2. The van der Waals surface area contributed by atoms with Gasteiger partial charge in [-0.25, -0.2) is 0 Å². The van der Waals surface area contributed by atoms with Gasteiger partial charge >= 0.3 is 12.3 Å². The molecule has 1 rings (SSSR count). The standard InChI is InChI=1S/C12H11F3O4/c13-12(14,15)19-10-6-8(7-11(17)18)3-4-9(10)2-1-5-16/h3-6H,1-2,7H2,(H,17,18). The zero-order valence-corrected chi connectivity index (χ0v) is 9.74. The van der Waals surface area contributed by atoms with Gasteiger partial charge in [-0.3, -0.25) is 4.79 Å². The largest absolute Gasteiger partial charge is 0.573 e. The average molecular weight is 276 g/mol. The number of aryl methyl sites for hydroxylation is 1. The van der Waals surface area contributed by atoms with Crippen molar-refractivity contribution in [3.8, 4) is 5.75 Å². The summed E-state index contributed by atoms with van der Waals surface area (Å²) in [6.07, 6.45) is -4.52. The van der Waals surface area contributed by atoms with E-state index in [2.05, 4.69) is 4.74 Å². The first kappa shape index (κ1) is 15.0. The van der Waals surface area contributed by atoms with Gasteiger partial charge in [-0.15, -0.1) is 13.2 Å². The minimum Gasteiger partial charge on any atom is -0.481 e. The number of carboxylic acids is 1. The molecule has 0 radical (unpaired) electrons. The summed E-state index contributed by atoms with van der Waals surface area (Å²) < 4.78 is 40.5. The van der Waals surface area contributed by atoms with E-state index in [4.69, 9.17) is 5.11 Å². The van der Waals surface area contributed by atoms with E-state index in [1.54, 1.807) is 0 Å². The van der Waals surface area contributed by atoms with Crippen LogP contribution >= 0.6 is 0 Å². The highest BCUT2D eigenvalue weighted by Crippen LogP contribution is 2.28. The Morgan fingerprint density at radius 3 is 2.58 bits per heavy atom. The molecule has 0 aromatic heterocycles. The van der Waals surface area contributed by atoms with Crippen LogP contribution in [0.4, 0.5) is 13.2 Å². The van der Waals surface area contributed by atoms with E-state index < -0.39 is 24.5 Å². The summed E-state index contributed by atoms with van der Waals surface area (Å²) in [5.74, 6) is -1.62. The normalized spacial score (nSPS) is 11.1. The monoisotopic (exact) mass is 276 g/mol. The van der Waals surface area contributed by atoms with Gasteiger partial charge in [0.2, 0.25) is 0 Å². The van der Waals surface area contributed by atoms with E-state index in [1.165, 1.54) is 12.1 Å². The van der Waals surface area contributed by atoms with E-state index >= 15 is 0 Å². The van der Waals surface area contributed by atoms with Crippen LogP contribution in [0.25, 0.3) is 0 Å². The number of hydrogen-bond acceptors (Lipinski definition) is 3. The lowest BCUT2D eigenvalue weighted by Crippen LogP contribution is -2.18. The van der Waals surface area contributed by atoms with Crippen LogP contribution in [0.5, 0.6) is 5.75 Å². The molecule has 1 N–H and O–H groups in total. The van der Waals surface area contributed by atoms with Crippen LogP contribution < -0.4 is 4.74 Å². The number of carbonyl (C=O) groups is 2. The molecule has 0 spiro atoms. The molecule has 0 unspecified atom stereocenters. The number of hydrogen-bond donors (Lipinski definition) is 1. The van der Waals surface area contributed by atoms with Gasteiger partial charge in [0, 0.05) is 6.42 Å². The first-order valence-corrected chi connectivity index (χ1v) is 5.35. The summed E-state index contributed by atoms with van der Waals surface area (Å²) in [6, 6.07) is 3.77. The third-order valence-electron chi connectivity index (χ3n) is 2.24. The highest BCUT2D eigenvalue weighted by Gasteiger charge is 2.32. The van der Waals surface area contributed by atoms with Crippen molar-refractivity contribution in [2.24, 2.45) is 0 Å². The summed E-state index contributed by atoms with van der Waals surface area (Å²) in [7, 11) is 0. The number of halogens is 3. The molecule has 0 saturated heterocycles. The highest BCUT2D eigenvalue weighted by atomic mass is 19.4. The molecule has 0 aliphatic rings. The molecular weight excluding hydrogens is 265 g/mol. The summed E-state index contributed by atoms with van der Waals surface area (Å²) in [6.45, 7) is 0. The average Bonchev–Trinajstić information content (AvgIpc) is 2.25. The van der Waals surface area contributed by atoms with Crippen molar-refractivity contribution in [3.05, 3.63) is 29.3 Å². The summed E-state index contributed by atoms with van der Waals surface area (Å²) >= 11 is 0. The molecule has 0 atom stereocenters. The van der Waals surface area contributed by atoms with Crippen LogP contribution in [0.2, 0.25) is 0 Å². The van der Waals surface area contributed by atoms with Gasteiger partial charge in [0.05, 0.1) is 6.42 Å². The van der Waals surface area contributed by atoms with Crippen LogP contribution in [0.3, 0.4) is 0 Å². The number of carboxylic acid groups (broad SMARTS) is 1. The first-order chi connectivity index (χ1) is 8.81. The van der Waals surface area contributed by atoms with Gasteiger partial charge in [0.25, 0.3) is 0 Å². The predicted molar refractivity (Wildman–Crippen MR) is 58.8 cm³/mol. The van der Waals surface area contributed by atoms with Gasteiger partial charge in [0.1, 0.15) is 12.0 Å². The van der Waals surface area contributed by atoms with Crippen molar-refractivity contribution >= 4 is 12.3 Å². The smallest absolute Gasteiger partial charge is 0.481 e. The van der Waals surface area contributed by atoms with Crippen LogP contribution in [0, 0.1) is 0 Å². The maximum Gasteiger partial charge on any atom is 0.573 e. The minimum absolute atomic E-state index is 0.0620. The topological polar surface area (TPSA) is 63.6 Å². The van der Waals surface area contributed by atoms with Gasteiger partial charge < -0.3 is 14.6 Å². The zero-order valence-electron chi connectivity index (χ0n) is 9.74. The molecule has 1 aromatic rings. The number of rotatable bonds is 6. The molecule has 0 amide bonds. The maximum atomic E-state index is 12.2. The number of ether oxygens (including phenoxy) is 1. The predicted octanol–water partition coefficient (Wildman–Crippen LogP) is 2.34. The summed E-state index contributed by atoms with van der Waals surface area (Å²) in [5.41, 5.74) is 0.403. The number of benzene rings is 1. The lowest BCUT2D eigenvalue weighted by atomic mass is 10.0. The minimum atomic E-state index is -4.86. The summed E-state index contributed by atoms with van der Waals surface area (Å²) in [4.78, 5) is 20.8. The van der Waals surface area contributed by atoms with E-state index in [0.717, 1.165) is 6.07 Å². The van der Waals surface area contributed by atoms with Gasteiger partial charge in [0.15, 0.2) is 0 Å². The summed E-state index contributed by atoms with van der Waals surface area (Å²) in [5, 5.41) is 8.59. The highest BCUT2D eigenvalue weighted by molar-refractivity contribution is 5.70. The molecule has 0 aliphatic heterocycles. The quantitative estimate of drug-likeness (QED) is 0.810. The lowest BCUT2D eigenvalue weighted by Gasteiger charge is -2.14. The molecule has 1 aromatic carbocycles. The fraction of sp³-hybridized carbons (Fsp3) is 0.333. The van der Waals surface area contributed by atoms with Crippen LogP contribution in [-0.4, -0.2) is 23.7 Å². The van der Waals surface area contributed by atoms with Gasteiger partial charge in [-0.05, 0) is 23.6 Å². The Labute approximate surface area is 106 Å². The van der Waals surface area contributed by atoms with Crippen molar-refractivity contribution in [2.45, 2.75) is 25.6 Å². The molecule has 4 nitrogen and oxygen atoms in total. The Morgan fingerprint density at radius 1 is 1.37 bits per heavy atom. The zero-order chi connectivity index (χ0) is 14.5. The third kappa shape index (κ3) is 5.41. The van der Waals surface area contributed by atoms with E-state index in [-0.39, 0.29) is 24.0 Å². The Balaban J connectivity index is 3.02. The second kappa shape index (κ2) is 6.21. The number of aliphatic carboxylic acids is 1. The van der Waals surface area contributed by atoms with Crippen LogP contribution in [-0.2, 0) is 22.4 Å².